The number of carbonyl (C=O) groups is 1. The lowest BCUT2D eigenvalue weighted by atomic mass is 9.93. The summed E-state index contributed by atoms with van der Waals surface area (Å²) < 4.78 is 4.87. The second-order valence-corrected chi connectivity index (χ2v) is 4.45. The van der Waals surface area contributed by atoms with E-state index < -0.39 is 5.41 Å². The number of esters is 1. The van der Waals surface area contributed by atoms with Gasteiger partial charge in [0, 0.05) is 11.6 Å². The summed E-state index contributed by atoms with van der Waals surface area (Å²) in [6, 6.07) is 7.34. The van der Waals surface area contributed by atoms with Crippen molar-refractivity contribution >= 4 is 23.3 Å². The van der Waals surface area contributed by atoms with Crippen LogP contribution in [0.25, 0.3) is 0 Å². The van der Waals surface area contributed by atoms with Crippen LogP contribution in [0.1, 0.15) is 12.0 Å². The first-order valence-electron chi connectivity index (χ1n) is 5.15. The molecule has 0 aromatic heterocycles. The first kappa shape index (κ1) is 11.3. The predicted molar refractivity (Wildman–Crippen MR) is 63.4 cm³/mol. The van der Waals surface area contributed by atoms with Crippen LogP contribution in [0.15, 0.2) is 24.3 Å². The Labute approximate surface area is 99.5 Å². The standard InChI is InChI=1S/C12H14ClNO2/c1-16-11(15)12(6-9(12)7-13)8-2-4-10(14)5-3-8/h2-5,9H,6-7,14H2,1H3/t9-,12+/m1/s1. The van der Waals surface area contributed by atoms with Crippen LogP contribution in [0.4, 0.5) is 5.69 Å². The number of nitrogens with two attached hydrogens (primary N) is 1. The van der Waals surface area contributed by atoms with Gasteiger partial charge in [0.15, 0.2) is 0 Å². The van der Waals surface area contributed by atoms with Gasteiger partial charge in [-0.15, -0.1) is 11.6 Å². The van der Waals surface area contributed by atoms with E-state index in [1.165, 1.54) is 7.11 Å². The van der Waals surface area contributed by atoms with Crippen molar-refractivity contribution in [2.45, 2.75) is 11.8 Å². The second-order valence-electron chi connectivity index (χ2n) is 4.14. The SMILES string of the molecule is COC(=O)[C@]1(c2ccc(N)cc2)C[C@@H]1CCl. The van der Waals surface area contributed by atoms with Gasteiger partial charge in [-0.1, -0.05) is 12.1 Å². The number of halogens is 1. The molecule has 1 saturated carbocycles. The molecule has 1 aromatic rings. The van der Waals surface area contributed by atoms with Crippen LogP contribution in [-0.4, -0.2) is 19.0 Å². The molecule has 1 aliphatic rings. The molecule has 1 fully saturated rings. The number of methoxy groups -OCH3 is 1. The molecule has 4 heteroatoms. The summed E-state index contributed by atoms with van der Waals surface area (Å²) in [4.78, 5) is 11.8. The van der Waals surface area contributed by atoms with Crippen molar-refractivity contribution in [1.82, 2.24) is 0 Å². The summed E-state index contributed by atoms with van der Waals surface area (Å²) in [5.41, 5.74) is 6.72. The fraction of sp³-hybridized carbons (Fsp3) is 0.417. The largest absolute Gasteiger partial charge is 0.468 e. The van der Waals surface area contributed by atoms with E-state index in [9.17, 15) is 4.79 Å². The highest BCUT2D eigenvalue weighted by Crippen LogP contribution is 2.55. The number of nitrogen functional groups attached to an aromatic ring is 1. The Morgan fingerprint density at radius 3 is 2.62 bits per heavy atom. The van der Waals surface area contributed by atoms with Crippen LogP contribution < -0.4 is 5.73 Å². The summed E-state index contributed by atoms with van der Waals surface area (Å²) in [6.07, 6.45) is 0.757. The summed E-state index contributed by atoms with van der Waals surface area (Å²) >= 11 is 5.83. The van der Waals surface area contributed by atoms with Gasteiger partial charge in [-0.05, 0) is 30.0 Å². The predicted octanol–water partition coefficient (Wildman–Crippen LogP) is 1.94. The fourth-order valence-electron chi connectivity index (χ4n) is 2.20. The van der Waals surface area contributed by atoms with E-state index in [-0.39, 0.29) is 11.9 Å². The summed E-state index contributed by atoms with van der Waals surface area (Å²) in [7, 11) is 1.41. The van der Waals surface area contributed by atoms with Gasteiger partial charge in [0.25, 0.3) is 0 Å². The van der Waals surface area contributed by atoms with Crippen molar-refractivity contribution in [3.63, 3.8) is 0 Å². The van der Waals surface area contributed by atoms with Gasteiger partial charge in [0.2, 0.25) is 0 Å². The van der Waals surface area contributed by atoms with Gasteiger partial charge in [-0.25, -0.2) is 0 Å². The van der Waals surface area contributed by atoms with Gasteiger partial charge >= 0.3 is 5.97 Å². The van der Waals surface area contributed by atoms with Crippen molar-refractivity contribution in [3.8, 4) is 0 Å². The summed E-state index contributed by atoms with van der Waals surface area (Å²) in [5, 5.41) is 0. The van der Waals surface area contributed by atoms with Crippen LogP contribution in [0.3, 0.4) is 0 Å². The Morgan fingerprint density at radius 1 is 1.56 bits per heavy atom. The molecule has 1 aromatic carbocycles. The first-order chi connectivity index (χ1) is 7.65. The zero-order valence-corrected chi connectivity index (χ0v) is 9.83. The maximum atomic E-state index is 11.8. The van der Waals surface area contributed by atoms with E-state index in [0.29, 0.717) is 11.6 Å². The third-order valence-electron chi connectivity index (χ3n) is 3.27. The molecule has 3 nitrogen and oxygen atoms in total. The van der Waals surface area contributed by atoms with Gasteiger partial charge in [-0.3, -0.25) is 4.79 Å². The third-order valence-corrected chi connectivity index (χ3v) is 3.64. The van der Waals surface area contributed by atoms with Crippen molar-refractivity contribution < 1.29 is 9.53 Å². The number of benzene rings is 1. The van der Waals surface area contributed by atoms with Gasteiger partial charge in [0.1, 0.15) is 0 Å². The number of ether oxygens (including phenoxy) is 1. The Morgan fingerprint density at radius 2 is 2.19 bits per heavy atom. The van der Waals surface area contributed by atoms with E-state index in [2.05, 4.69) is 0 Å². The summed E-state index contributed by atoms with van der Waals surface area (Å²) in [5.74, 6) is 0.438. The maximum absolute atomic E-state index is 11.8. The monoisotopic (exact) mass is 239 g/mol. The molecule has 86 valence electrons. The molecule has 1 aliphatic carbocycles. The molecule has 0 unspecified atom stereocenters. The smallest absolute Gasteiger partial charge is 0.316 e. The molecule has 0 saturated heterocycles. The van der Waals surface area contributed by atoms with Crippen LogP contribution in [0.5, 0.6) is 0 Å². The minimum Gasteiger partial charge on any atom is -0.468 e. The van der Waals surface area contributed by atoms with Crippen LogP contribution >= 0.6 is 11.6 Å². The van der Waals surface area contributed by atoms with Crippen molar-refractivity contribution in [2.24, 2.45) is 5.92 Å². The average Bonchev–Trinajstić information content (AvgIpc) is 3.04. The molecule has 0 amide bonds. The molecule has 0 radical (unpaired) electrons. The Balaban J connectivity index is 2.35. The number of alkyl halides is 1. The molecule has 0 spiro atoms. The Kier molecular flexibility index (Phi) is 2.80. The lowest BCUT2D eigenvalue weighted by Gasteiger charge is -2.15. The fourth-order valence-corrected chi connectivity index (χ4v) is 2.57. The zero-order valence-electron chi connectivity index (χ0n) is 9.07. The third kappa shape index (κ3) is 1.55. The van der Waals surface area contributed by atoms with Crippen LogP contribution in [0, 0.1) is 5.92 Å². The van der Waals surface area contributed by atoms with E-state index in [1.807, 2.05) is 12.1 Å². The lowest BCUT2D eigenvalue weighted by Crippen LogP contribution is -2.25. The van der Waals surface area contributed by atoms with E-state index in [4.69, 9.17) is 22.1 Å². The molecule has 0 heterocycles. The van der Waals surface area contributed by atoms with Crippen molar-refractivity contribution in [3.05, 3.63) is 29.8 Å². The van der Waals surface area contributed by atoms with Gasteiger partial charge in [0.05, 0.1) is 12.5 Å². The molecule has 0 aliphatic heterocycles. The maximum Gasteiger partial charge on any atom is 0.316 e. The zero-order chi connectivity index (χ0) is 11.8. The topological polar surface area (TPSA) is 52.3 Å². The molecular formula is C12H14ClNO2. The van der Waals surface area contributed by atoms with Gasteiger partial charge < -0.3 is 10.5 Å². The molecule has 2 N–H and O–H groups in total. The Bertz CT molecular complexity index is 404. The van der Waals surface area contributed by atoms with Crippen LogP contribution in [0.2, 0.25) is 0 Å². The van der Waals surface area contributed by atoms with Crippen molar-refractivity contribution in [1.29, 1.82) is 0 Å². The molecule has 2 rings (SSSR count). The van der Waals surface area contributed by atoms with E-state index in [0.717, 1.165) is 12.0 Å². The normalized spacial score (nSPS) is 27.5. The van der Waals surface area contributed by atoms with Crippen molar-refractivity contribution in [2.75, 3.05) is 18.7 Å². The lowest BCUT2D eigenvalue weighted by molar-refractivity contribution is -0.144. The quantitative estimate of drug-likeness (QED) is 0.498. The second kappa shape index (κ2) is 3.98. The summed E-state index contributed by atoms with van der Waals surface area (Å²) in [6.45, 7) is 0. The average molecular weight is 240 g/mol. The molecule has 0 bridgehead atoms. The number of anilines is 1. The van der Waals surface area contributed by atoms with E-state index in [1.54, 1.807) is 12.1 Å². The number of hydrogen-bond donors (Lipinski definition) is 1. The molecule has 2 atom stereocenters. The number of carbonyl (C=O) groups excluding carboxylic acids is 1. The minimum absolute atomic E-state index is 0.172. The van der Waals surface area contributed by atoms with E-state index >= 15 is 0 Å². The van der Waals surface area contributed by atoms with Gasteiger partial charge in [-0.2, -0.15) is 0 Å². The highest BCUT2D eigenvalue weighted by molar-refractivity contribution is 6.18. The molecule has 16 heavy (non-hydrogen) atoms. The minimum atomic E-state index is -0.537. The Hall–Kier alpha value is -1.22. The first-order valence-corrected chi connectivity index (χ1v) is 5.69. The highest BCUT2D eigenvalue weighted by atomic mass is 35.5. The molecular weight excluding hydrogens is 226 g/mol. The number of hydrogen-bond acceptors (Lipinski definition) is 3. The highest BCUT2D eigenvalue weighted by Gasteiger charge is 2.61. The van der Waals surface area contributed by atoms with Crippen LogP contribution in [-0.2, 0) is 14.9 Å². The number of rotatable bonds is 3.